The van der Waals surface area contributed by atoms with Crippen molar-refractivity contribution >= 4 is 29.3 Å². The van der Waals surface area contributed by atoms with Gasteiger partial charge in [-0.2, -0.15) is 0 Å². The van der Waals surface area contributed by atoms with E-state index < -0.39 is 0 Å². The van der Waals surface area contributed by atoms with Crippen molar-refractivity contribution in [1.82, 2.24) is 15.0 Å². The Hall–Kier alpha value is -1.27. The fourth-order valence-electron chi connectivity index (χ4n) is 1.74. The zero-order valence-electron chi connectivity index (χ0n) is 12.0. The number of nitrogen functional groups attached to an aromatic ring is 1. The second kappa shape index (κ2) is 6.45. The minimum absolute atomic E-state index is 0.411. The van der Waals surface area contributed by atoms with Crippen LogP contribution in [0.2, 0.25) is 0 Å². The molecule has 0 atom stereocenters. The Morgan fingerprint density at radius 3 is 2.50 bits per heavy atom. The van der Waals surface area contributed by atoms with Gasteiger partial charge in [-0.05, 0) is 30.7 Å². The number of nitrogens with zero attached hydrogens (tertiary/aromatic N) is 3. The van der Waals surface area contributed by atoms with Gasteiger partial charge >= 0.3 is 0 Å². The number of nitrogens with two attached hydrogens (primary N) is 1. The molecule has 2 heterocycles. The summed E-state index contributed by atoms with van der Waals surface area (Å²) in [6.45, 7) is 6.16. The predicted octanol–water partition coefficient (Wildman–Crippen LogP) is 3.76. The highest BCUT2D eigenvalue weighted by Gasteiger charge is 2.12. The van der Waals surface area contributed by atoms with Crippen LogP contribution in [0, 0.1) is 6.92 Å². The molecule has 0 unspecified atom stereocenters. The van der Waals surface area contributed by atoms with Crippen molar-refractivity contribution in [3.05, 3.63) is 29.8 Å². The molecule has 2 rings (SSSR count). The molecule has 0 amide bonds. The molecule has 0 bridgehead atoms. The van der Waals surface area contributed by atoms with Crippen LogP contribution in [0.3, 0.4) is 0 Å². The lowest BCUT2D eigenvalue weighted by Crippen LogP contribution is -1.99. The van der Waals surface area contributed by atoms with E-state index in [4.69, 9.17) is 5.73 Å². The van der Waals surface area contributed by atoms with Crippen LogP contribution in [-0.4, -0.2) is 21.2 Å². The lowest BCUT2D eigenvalue weighted by Gasteiger charge is -2.13. The summed E-state index contributed by atoms with van der Waals surface area (Å²) in [6.07, 6.45) is 5.75. The Labute approximate surface area is 128 Å². The van der Waals surface area contributed by atoms with Gasteiger partial charge in [-0.1, -0.05) is 25.6 Å². The number of pyridine rings is 1. The number of rotatable bonds is 4. The highest BCUT2D eigenvalue weighted by molar-refractivity contribution is 8.00. The summed E-state index contributed by atoms with van der Waals surface area (Å²) in [5, 5.41) is 1.00. The first-order valence-electron chi connectivity index (χ1n) is 6.32. The van der Waals surface area contributed by atoms with E-state index in [-0.39, 0.29) is 0 Å². The molecule has 2 aromatic heterocycles. The van der Waals surface area contributed by atoms with Gasteiger partial charge in [0, 0.05) is 17.3 Å². The van der Waals surface area contributed by atoms with Crippen molar-refractivity contribution in [2.75, 3.05) is 12.0 Å². The van der Waals surface area contributed by atoms with E-state index >= 15 is 0 Å². The topological polar surface area (TPSA) is 64.7 Å². The molecule has 0 radical (unpaired) electrons. The fraction of sp³-hybridized carbons (Fsp3) is 0.357. The molecule has 0 fully saturated rings. The molecule has 0 saturated heterocycles. The van der Waals surface area contributed by atoms with Gasteiger partial charge in [-0.3, -0.25) is 0 Å². The first-order valence-corrected chi connectivity index (χ1v) is 8.36. The molecule has 106 valence electrons. The number of thioether (sulfide) groups is 1. The van der Waals surface area contributed by atoms with E-state index in [1.54, 1.807) is 29.7 Å². The van der Waals surface area contributed by atoms with Crippen LogP contribution >= 0.6 is 23.5 Å². The molecule has 2 aromatic rings. The van der Waals surface area contributed by atoms with Gasteiger partial charge in [0.1, 0.15) is 11.6 Å². The van der Waals surface area contributed by atoms with Crippen molar-refractivity contribution in [3.8, 4) is 0 Å². The molecule has 0 aromatic carbocycles. The highest BCUT2D eigenvalue weighted by atomic mass is 32.2. The van der Waals surface area contributed by atoms with E-state index in [1.807, 2.05) is 19.4 Å². The number of hydrogen-bond donors (Lipinski definition) is 1. The molecular weight excluding hydrogens is 288 g/mol. The van der Waals surface area contributed by atoms with Crippen molar-refractivity contribution in [1.29, 1.82) is 0 Å². The quantitative estimate of drug-likeness (QED) is 0.868. The standard InChI is InChI=1S/C14H18N4S2/c1-8(2)10-6-17-13(19-4)5-11(10)20-12-7-16-9(3)18-14(12)15/h5-8H,1-4H3,(H2,15,16,18). The summed E-state index contributed by atoms with van der Waals surface area (Å²) >= 11 is 3.24. The van der Waals surface area contributed by atoms with Crippen LogP contribution in [0.25, 0.3) is 0 Å². The average molecular weight is 306 g/mol. The first kappa shape index (κ1) is 15.1. The molecule has 0 aliphatic heterocycles. The van der Waals surface area contributed by atoms with Crippen molar-refractivity contribution in [3.63, 3.8) is 0 Å². The largest absolute Gasteiger partial charge is 0.383 e. The molecule has 0 saturated carbocycles. The number of aryl methyl sites for hydroxylation is 1. The molecule has 0 aliphatic carbocycles. The van der Waals surface area contributed by atoms with E-state index in [1.165, 1.54) is 10.5 Å². The maximum Gasteiger partial charge on any atom is 0.141 e. The maximum absolute atomic E-state index is 5.97. The molecule has 2 N–H and O–H groups in total. The smallest absolute Gasteiger partial charge is 0.141 e. The fourth-order valence-corrected chi connectivity index (χ4v) is 3.27. The van der Waals surface area contributed by atoms with E-state index in [2.05, 4.69) is 34.9 Å². The van der Waals surface area contributed by atoms with Crippen LogP contribution in [0.4, 0.5) is 5.82 Å². The summed E-state index contributed by atoms with van der Waals surface area (Å²) in [5.41, 5.74) is 7.19. The zero-order valence-corrected chi connectivity index (χ0v) is 13.7. The average Bonchev–Trinajstić information content (AvgIpc) is 2.41. The molecule has 0 aliphatic rings. The van der Waals surface area contributed by atoms with Gasteiger partial charge in [0.25, 0.3) is 0 Å². The van der Waals surface area contributed by atoms with Crippen molar-refractivity contribution in [2.45, 2.75) is 41.5 Å². The minimum atomic E-state index is 0.411. The van der Waals surface area contributed by atoms with Gasteiger partial charge in [0.05, 0.1) is 9.92 Å². The van der Waals surface area contributed by atoms with Crippen molar-refractivity contribution in [2.24, 2.45) is 0 Å². The monoisotopic (exact) mass is 306 g/mol. The maximum atomic E-state index is 5.97. The summed E-state index contributed by atoms with van der Waals surface area (Å²) in [7, 11) is 0. The van der Waals surface area contributed by atoms with E-state index in [0.29, 0.717) is 17.6 Å². The van der Waals surface area contributed by atoms with E-state index in [9.17, 15) is 0 Å². The third-order valence-corrected chi connectivity index (χ3v) is 4.57. The summed E-state index contributed by atoms with van der Waals surface area (Å²) in [5.74, 6) is 1.63. The Kier molecular flexibility index (Phi) is 4.88. The SMILES string of the molecule is CSc1cc(Sc2cnc(C)nc2N)c(C(C)C)cn1. The Balaban J connectivity index is 2.40. The van der Waals surface area contributed by atoms with Crippen LogP contribution in [0.5, 0.6) is 0 Å². The first-order chi connectivity index (χ1) is 9.51. The van der Waals surface area contributed by atoms with Crippen LogP contribution in [-0.2, 0) is 0 Å². The van der Waals surface area contributed by atoms with Gasteiger partial charge < -0.3 is 5.73 Å². The third kappa shape index (κ3) is 3.43. The van der Waals surface area contributed by atoms with Gasteiger partial charge in [0.15, 0.2) is 0 Å². The zero-order chi connectivity index (χ0) is 14.7. The lowest BCUT2D eigenvalue weighted by atomic mass is 10.1. The van der Waals surface area contributed by atoms with Crippen LogP contribution in [0.1, 0.15) is 31.2 Å². The van der Waals surface area contributed by atoms with Crippen LogP contribution in [0.15, 0.2) is 33.3 Å². The van der Waals surface area contributed by atoms with Crippen molar-refractivity contribution < 1.29 is 0 Å². The second-order valence-corrected chi connectivity index (χ2v) is 6.60. The predicted molar refractivity (Wildman–Crippen MR) is 85.4 cm³/mol. The summed E-state index contributed by atoms with van der Waals surface area (Å²) < 4.78 is 0. The summed E-state index contributed by atoms with van der Waals surface area (Å²) in [6, 6.07) is 2.10. The number of hydrogen-bond acceptors (Lipinski definition) is 6. The van der Waals surface area contributed by atoms with Crippen LogP contribution < -0.4 is 5.73 Å². The highest BCUT2D eigenvalue weighted by Crippen LogP contribution is 2.36. The second-order valence-electron chi connectivity index (χ2n) is 4.69. The Bertz CT molecular complexity index is 614. The van der Waals surface area contributed by atoms with Gasteiger partial charge in [-0.25, -0.2) is 15.0 Å². The van der Waals surface area contributed by atoms with E-state index in [0.717, 1.165) is 9.92 Å². The molecule has 20 heavy (non-hydrogen) atoms. The Morgan fingerprint density at radius 1 is 1.15 bits per heavy atom. The lowest BCUT2D eigenvalue weighted by molar-refractivity contribution is 0.821. The molecular formula is C14H18N4S2. The molecule has 4 nitrogen and oxygen atoms in total. The number of anilines is 1. The number of aromatic nitrogens is 3. The summed E-state index contributed by atoms with van der Waals surface area (Å²) in [4.78, 5) is 14.9. The van der Waals surface area contributed by atoms with Gasteiger partial charge in [0.2, 0.25) is 0 Å². The third-order valence-electron chi connectivity index (χ3n) is 2.82. The normalized spacial score (nSPS) is 11.1. The van der Waals surface area contributed by atoms with Gasteiger partial charge in [-0.15, -0.1) is 11.8 Å². The molecule has 6 heteroatoms. The minimum Gasteiger partial charge on any atom is -0.383 e. The molecule has 0 spiro atoms. The Morgan fingerprint density at radius 2 is 1.90 bits per heavy atom.